The van der Waals surface area contributed by atoms with Crippen LogP contribution in [0.25, 0.3) is 11.2 Å². The molecular weight excluding hydrogens is 451 g/mol. The lowest BCUT2D eigenvalue weighted by Crippen LogP contribution is -2.20. The molecule has 0 saturated heterocycles. The second-order valence-electron chi connectivity index (χ2n) is 6.51. The monoisotopic (exact) mass is 463 g/mol. The molecule has 4 rings (SSSR count). The predicted octanol–water partition coefficient (Wildman–Crippen LogP) is 5.36. The highest BCUT2D eigenvalue weighted by atomic mass is 35.5. The minimum Gasteiger partial charge on any atom is -0.455 e. The Bertz CT molecular complexity index is 1370. The van der Waals surface area contributed by atoms with Gasteiger partial charge in [-0.25, -0.2) is 14.6 Å². The largest absolute Gasteiger partial charge is 0.455 e. The van der Waals surface area contributed by atoms with Gasteiger partial charge >= 0.3 is 17.9 Å². The molecule has 0 aliphatic rings. The summed E-state index contributed by atoms with van der Waals surface area (Å²) in [7, 11) is 0. The number of nitrogens with one attached hydrogen (secondary N) is 4. The molecule has 2 aromatic carbocycles. The average Bonchev–Trinajstić information content (AvgIpc) is 3.10. The Labute approximate surface area is 182 Å². The van der Waals surface area contributed by atoms with Crippen molar-refractivity contribution in [2.24, 2.45) is 0 Å². The van der Waals surface area contributed by atoms with E-state index in [-0.39, 0.29) is 5.69 Å². The van der Waals surface area contributed by atoms with Crippen LogP contribution in [-0.4, -0.2) is 21.0 Å². The molecule has 0 aliphatic heterocycles. The van der Waals surface area contributed by atoms with Crippen LogP contribution in [0.15, 0.2) is 59.5 Å². The molecule has 0 saturated carbocycles. The lowest BCUT2D eigenvalue weighted by molar-refractivity contribution is -0.137. The molecule has 0 fully saturated rings. The van der Waals surface area contributed by atoms with E-state index in [0.29, 0.717) is 28.4 Å². The maximum absolute atomic E-state index is 13.0. The SMILES string of the molecule is O=C(Nc1cccc(Oc2ccnc3[nH]c(=O)[nH]c23)c1)Nc1ccc(Cl)c(C(F)(F)F)c1. The number of nitrogens with zero attached hydrogens (tertiary/aromatic N) is 1. The van der Waals surface area contributed by atoms with Crippen LogP contribution in [-0.2, 0) is 6.18 Å². The fourth-order valence-electron chi connectivity index (χ4n) is 2.88. The minimum absolute atomic E-state index is 0.0813. The summed E-state index contributed by atoms with van der Waals surface area (Å²) in [4.78, 5) is 32.8. The topological polar surface area (TPSA) is 112 Å². The predicted molar refractivity (Wildman–Crippen MR) is 112 cm³/mol. The fraction of sp³-hybridized carbons (Fsp3) is 0.0500. The Morgan fingerprint density at radius 3 is 2.53 bits per heavy atom. The first kappa shape index (κ1) is 21.2. The van der Waals surface area contributed by atoms with E-state index in [4.69, 9.17) is 16.3 Å². The van der Waals surface area contributed by atoms with Gasteiger partial charge in [-0.2, -0.15) is 13.2 Å². The van der Waals surface area contributed by atoms with Crippen molar-refractivity contribution in [2.75, 3.05) is 10.6 Å². The number of aromatic amines is 2. The van der Waals surface area contributed by atoms with Gasteiger partial charge in [-0.3, -0.25) is 4.98 Å². The molecule has 12 heteroatoms. The zero-order valence-electron chi connectivity index (χ0n) is 15.9. The Kier molecular flexibility index (Phi) is 5.49. The molecule has 8 nitrogen and oxygen atoms in total. The molecule has 32 heavy (non-hydrogen) atoms. The average molecular weight is 464 g/mol. The van der Waals surface area contributed by atoms with E-state index in [1.807, 2.05) is 0 Å². The summed E-state index contributed by atoms with van der Waals surface area (Å²) in [6, 6.07) is 10.1. The third kappa shape index (κ3) is 4.67. The number of alkyl halides is 3. The molecule has 0 aliphatic carbocycles. The maximum Gasteiger partial charge on any atom is 0.417 e. The summed E-state index contributed by atoms with van der Waals surface area (Å²) in [5, 5.41) is 4.36. The number of anilines is 2. The number of imidazole rings is 1. The number of urea groups is 1. The van der Waals surface area contributed by atoms with Crippen LogP contribution < -0.4 is 21.1 Å². The normalized spacial score (nSPS) is 11.4. The van der Waals surface area contributed by atoms with Gasteiger partial charge in [-0.1, -0.05) is 17.7 Å². The quantitative estimate of drug-likeness (QED) is 0.326. The Morgan fingerprint density at radius 1 is 1.03 bits per heavy atom. The van der Waals surface area contributed by atoms with Gasteiger partial charge in [0.05, 0.1) is 10.6 Å². The molecule has 4 N–H and O–H groups in total. The van der Waals surface area contributed by atoms with Gasteiger partial charge in [0.1, 0.15) is 11.3 Å². The van der Waals surface area contributed by atoms with Crippen LogP contribution in [0, 0.1) is 0 Å². The lowest BCUT2D eigenvalue weighted by Gasteiger charge is -2.13. The molecule has 164 valence electrons. The first-order valence-corrected chi connectivity index (χ1v) is 9.36. The molecular formula is C20H13ClF3N5O3. The molecule has 2 amide bonds. The number of fused-ring (bicyclic) bond motifs is 1. The standard InChI is InChI=1S/C20H13ClF3N5O3/c21-14-5-4-11(9-13(14)20(22,23)24)27-18(30)26-10-2-1-3-12(8-10)32-15-6-7-25-17-16(15)28-19(31)29-17/h1-9H,(H2,26,27,30)(H2,25,28,29,31). The number of rotatable bonds is 4. The van der Waals surface area contributed by atoms with Crippen LogP contribution >= 0.6 is 11.6 Å². The number of benzene rings is 2. The van der Waals surface area contributed by atoms with Gasteiger partial charge in [-0.15, -0.1) is 0 Å². The second kappa shape index (κ2) is 8.27. The summed E-state index contributed by atoms with van der Waals surface area (Å²) < 4.78 is 44.7. The molecule has 4 aromatic rings. The number of hydrogen-bond donors (Lipinski definition) is 4. The van der Waals surface area contributed by atoms with E-state index >= 15 is 0 Å². The zero-order chi connectivity index (χ0) is 22.9. The zero-order valence-corrected chi connectivity index (χ0v) is 16.6. The van der Waals surface area contributed by atoms with Crippen LogP contribution in [0.4, 0.5) is 29.3 Å². The Balaban J connectivity index is 1.48. The molecule has 2 aromatic heterocycles. The summed E-state index contributed by atoms with van der Waals surface area (Å²) in [5.41, 5.74) is -0.565. The first-order valence-electron chi connectivity index (χ1n) is 8.99. The van der Waals surface area contributed by atoms with Crippen molar-refractivity contribution in [3.05, 3.63) is 75.8 Å². The lowest BCUT2D eigenvalue weighted by atomic mass is 10.2. The van der Waals surface area contributed by atoms with Crippen LogP contribution in [0.3, 0.4) is 0 Å². The van der Waals surface area contributed by atoms with Crippen molar-refractivity contribution in [1.29, 1.82) is 0 Å². The minimum atomic E-state index is -4.65. The van der Waals surface area contributed by atoms with Crippen molar-refractivity contribution in [2.45, 2.75) is 6.18 Å². The maximum atomic E-state index is 13.0. The van der Waals surface area contributed by atoms with Gasteiger partial charge in [0.2, 0.25) is 0 Å². The number of pyridine rings is 1. The number of halogens is 4. The van der Waals surface area contributed by atoms with E-state index < -0.39 is 28.5 Å². The van der Waals surface area contributed by atoms with Crippen molar-refractivity contribution < 1.29 is 22.7 Å². The second-order valence-corrected chi connectivity index (χ2v) is 6.92. The van der Waals surface area contributed by atoms with E-state index in [1.165, 1.54) is 18.3 Å². The van der Waals surface area contributed by atoms with Gasteiger partial charge in [-0.05, 0) is 30.3 Å². The van der Waals surface area contributed by atoms with Gasteiger partial charge in [0.25, 0.3) is 0 Å². The van der Waals surface area contributed by atoms with Crippen molar-refractivity contribution in [3.63, 3.8) is 0 Å². The smallest absolute Gasteiger partial charge is 0.417 e. The van der Waals surface area contributed by atoms with E-state index in [2.05, 4.69) is 25.6 Å². The number of hydrogen-bond acceptors (Lipinski definition) is 4. The van der Waals surface area contributed by atoms with Crippen LogP contribution in [0.1, 0.15) is 5.56 Å². The summed E-state index contributed by atoms with van der Waals surface area (Å²) in [6.07, 6.45) is -3.20. The Morgan fingerprint density at radius 2 is 1.78 bits per heavy atom. The molecule has 0 atom stereocenters. The summed E-state index contributed by atoms with van der Waals surface area (Å²) in [5.74, 6) is 0.666. The number of H-pyrrole nitrogens is 2. The number of aromatic nitrogens is 3. The summed E-state index contributed by atoms with van der Waals surface area (Å²) in [6.45, 7) is 0. The van der Waals surface area contributed by atoms with Gasteiger partial charge < -0.3 is 20.4 Å². The number of amides is 2. The first-order chi connectivity index (χ1) is 15.2. The number of carbonyl (C=O) groups is 1. The van der Waals surface area contributed by atoms with Crippen LogP contribution in [0.5, 0.6) is 11.5 Å². The highest BCUT2D eigenvalue weighted by Crippen LogP contribution is 2.36. The molecule has 0 spiro atoms. The number of ether oxygens (including phenoxy) is 1. The third-order valence-electron chi connectivity index (χ3n) is 4.23. The summed E-state index contributed by atoms with van der Waals surface area (Å²) >= 11 is 5.58. The van der Waals surface area contributed by atoms with Crippen molar-refractivity contribution in [1.82, 2.24) is 15.0 Å². The van der Waals surface area contributed by atoms with E-state index in [1.54, 1.807) is 24.3 Å². The molecule has 0 unspecified atom stereocenters. The van der Waals surface area contributed by atoms with Crippen molar-refractivity contribution >= 4 is 40.2 Å². The molecule has 0 radical (unpaired) electrons. The highest BCUT2D eigenvalue weighted by Gasteiger charge is 2.33. The fourth-order valence-corrected chi connectivity index (χ4v) is 3.10. The Hall–Kier alpha value is -3.99. The molecule has 0 bridgehead atoms. The van der Waals surface area contributed by atoms with Gasteiger partial charge in [0, 0.05) is 29.7 Å². The van der Waals surface area contributed by atoms with E-state index in [0.717, 1.165) is 12.1 Å². The highest BCUT2D eigenvalue weighted by molar-refractivity contribution is 6.31. The van der Waals surface area contributed by atoms with Crippen molar-refractivity contribution in [3.8, 4) is 11.5 Å². The number of carbonyl (C=O) groups excluding carboxylic acids is 1. The third-order valence-corrected chi connectivity index (χ3v) is 4.56. The van der Waals surface area contributed by atoms with Crippen LogP contribution in [0.2, 0.25) is 5.02 Å². The van der Waals surface area contributed by atoms with Gasteiger partial charge in [0.15, 0.2) is 11.4 Å². The van der Waals surface area contributed by atoms with E-state index in [9.17, 15) is 22.8 Å². The molecule has 2 heterocycles.